The van der Waals surface area contributed by atoms with Crippen molar-refractivity contribution >= 4 is 44.4 Å². The van der Waals surface area contributed by atoms with Gasteiger partial charge in [-0.3, -0.25) is 4.98 Å². The summed E-state index contributed by atoms with van der Waals surface area (Å²) in [6, 6.07) is 61.6. The highest BCUT2D eigenvalue weighted by Crippen LogP contribution is 2.38. The fourth-order valence-electron chi connectivity index (χ4n) is 7.48. The minimum atomic E-state index is -0.161. The van der Waals surface area contributed by atoms with Crippen LogP contribution in [0.5, 0.6) is 0 Å². The Labute approximate surface area is 307 Å². The zero-order valence-corrected chi connectivity index (χ0v) is 28.8. The number of para-hydroxylation sites is 2. The largest absolute Gasteiger partial charge is 0.456 e. The van der Waals surface area contributed by atoms with Crippen LogP contribution >= 0.6 is 0 Å². The van der Waals surface area contributed by atoms with E-state index in [4.69, 9.17) is 14.4 Å². The molecule has 7 aromatic carbocycles. The van der Waals surface area contributed by atoms with Crippen LogP contribution in [0.25, 0.3) is 71.9 Å². The molecule has 0 radical (unpaired) electrons. The standard InChI is InChI=1S/C49H33N3O/c1-3-11-32(12-4-1)33-20-22-34(23-21-33)44-31-45(52-49(51-44)36-13-5-2-6-14-36)40-28-38(27-39(29-40)41-18-9-15-35-16-10-26-50-48(35)41)37-24-25-47-43(30-37)42-17-7-8-19-46(42)53-47/h1-31,45H,(H,51,52). The third-order valence-corrected chi connectivity index (χ3v) is 10.2. The van der Waals surface area contributed by atoms with E-state index in [1.54, 1.807) is 0 Å². The van der Waals surface area contributed by atoms with Crippen LogP contribution in [0.15, 0.2) is 198 Å². The fraction of sp³-hybridized carbons (Fsp3) is 0.0204. The summed E-state index contributed by atoms with van der Waals surface area (Å²) in [5.74, 6) is 0.838. The normalized spacial score (nSPS) is 14.2. The number of nitrogens with one attached hydrogen (secondary N) is 1. The van der Waals surface area contributed by atoms with Gasteiger partial charge in [-0.1, -0.05) is 133 Å². The average molecular weight is 680 g/mol. The number of benzene rings is 7. The van der Waals surface area contributed by atoms with Crippen molar-refractivity contribution in [2.24, 2.45) is 4.99 Å². The van der Waals surface area contributed by atoms with Gasteiger partial charge in [0, 0.05) is 33.5 Å². The summed E-state index contributed by atoms with van der Waals surface area (Å²) in [6.45, 7) is 0. The fourth-order valence-corrected chi connectivity index (χ4v) is 7.48. The van der Waals surface area contributed by atoms with Crippen LogP contribution in [0.3, 0.4) is 0 Å². The molecule has 1 N–H and O–H groups in total. The number of aliphatic imine (C=N–C) groups is 1. The molecule has 0 amide bonds. The van der Waals surface area contributed by atoms with Crippen LogP contribution in [0.1, 0.15) is 22.7 Å². The monoisotopic (exact) mass is 679 g/mol. The third kappa shape index (κ3) is 5.77. The molecule has 1 unspecified atom stereocenters. The van der Waals surface area contributed by atoms with Gasteiger partial charge >= 0.3 is 0 Å². The van der Waals surface area contributed by atoms with Crippen LogP contribution in [0.2, 0.25) is 0 Å². The Morgan fingerprint density at radius 2 is 1.15 bits per heavy atom. The van der Waals surface area contributed by atoms with E-state index in [0.717, 1.165) is 83.3 Å². The highest BCUT2D eigenvalue weighted by Gasteiger charge is 2.22. The maximum atomic E-state index is 6.20. The van der Waals surface area contributed by atoms with E-state index in [1.165, 1.54) is 11.1 Å². The molecule has 0 aliphatic carbocycles. The number of amidine groups is 1. The molecule has 0 bridgehead atoms. The summed E-state index contributed by atoms with van der Waals surface area (Å²) in [4.78, 5) is 10.0. The molecule has 53 heavy (non-hydrogen) atoms. The van der Waals surface area contributed by atoms with E-state index in [-0.39, 0.29) is 6.04 Å². The Balaban J connectivity index is 1.14. The molecule has 2 aromatic heterocycles. The predicted molar refractivity (Wildman–Crippen MR) is 219 cm³/mol. The second-order valence-corrected chi connectivity index (χ2v) is 13.5. The Bertz CT molecular complexity index is 2850. The van der Waals surface area contributed by atoms with Gasteiger partial charge in [-0.2, -0.15) is 0 Å². The first-order valence-electron chi connectivity index (χ1n) is 17.9. The molecule has 10 rings (SSSR count). The van der Waals surface area contributed by atoms with Gasteiger partial charge in [0.25, 0.3) is 0 Å². The van der Waals surface area contributed by atoms with Gasteiger partial charge in [0.2, 0.25) is 0 Å². The van der Waals surface area contributed by atoms with Gasteiger partial charge in [-0.25, -0.2) is 4.99 Å². The van der Waals surface area contributed by atoms with Crippen molar-refractivity contribution in [3.63, 3.8) is 0 Å². The number of fused-ring (bicyclic) bond motifs is 4. The van der Waals surface area contributed by atoms with Crippen LogP contribution in [-0.2, 0) is 0 Å². The first kappa shape index (κ1) is 30.8. The van der Waals surface area contributed by atoms with Crippen LogP contribution in [0, 0.1) is 0 Å². The summed E-state index contributed by atoms with van der Waals surface area (Å²) in [5, 5.41) is 7.14. The molecule has 0 saturated heterocycles. The number of hydrogen-bond acceptors (Lipinski definition) is 4. The lowest BCUT2D eigenvalue weighted by Gasteiger charge is -2.25. The summed E-state index contributed by atoms with van der Waals surface area (Å²) >= 11 is 0. The van der Waals surface area contributed by atoms with E-state index >= 15 is 0 Å². The zero-order chi connectivity index (χ0) is 35.1. The lowest BCUT2D eigenvalue weighted by molar-refractivity contribution is 0.669. The van der Waals surface area contributed by atoms with Crippen molar-refractivity contribution in [1.29, 1.82) is 0 Å². The van der Waals surface area contributed by atoms with Crippen molar-refractivity contribution < 1.29 is 4.42 Å². The van der Waals surface area contributed by atoms with Gasteiger partial charge in [0.05, 0.1) is 17.3 Å². The topological polar surface area (TPSA) is 50.4 Å². The molecular weight excluding hydrogens is 647 g/mol. The minimum absolute atomic E-state index is 0.161. The van der Waals surface area contributed by atoms with Gasteiger partial charge in [-0.05, 0) is 87.5 Å². The van der Waals surface area contributed by atoms with E-state index in [0.29, 0.717) is 0 Å². The number of rotatable bonds is 6. The molecule has 0 saturated carbocycles. The smallest absolute Gasteiger partial charge is 0.135 e. The predicted octanol–water partition coefficient (Wildman–Crippen LogP) is 12.3. The van der Waals surface area contributed by atoms with E-state index < -0.39 is 0 Å². The number of hydrogen-bond donors (Lipinski definition) is 1. The van der Waals surface area contributed by atoms with Gasteiger partial charge in [0.15, 0.2) is 0 Å². The molecule has 9 aromatic rings. The molecular formula is C49H33N3O. The quantitative estimate of drug-likeness (QED) is 0.190. The zero-order valence-electron chi connectivity index (χ0n) is 28.8. The molecule has 1 aliphatic rings. The second-order valence-electron chi connectivity index (χ2n) is 13.5. The van der Waals surface area contributed by atoms with Crippen molar-refractivity contribution in [1.82, 2.24) is 10.3 Å². The first-order valence-corrected chi connectivity index (χ1v) is 17.9. The van der Waals surface area contributed by atoms with Gasteiger partial charge in [-0.15, -0.1) is 0 Å². The van der Waals surface area contributed by atoms with Crippen molar-refractivity contribution in [2.45, 2.75) is 6.04 Å². The van der Waals surface area contributed by atoms with E-state index in [9.17, 15) is 0 Å². The molecule has 1 aliphatic heterocycles. The lowest BCUT2D eigenvalue weighted by atomic mass is 9.91. The highest BCUT2D eigenvalue weighted by molar-refractivity contribution is 6.07. The minimum Gasteiger partial charge on any atom is -0.456 e. The summed E-state index contributed by atoms with van der Waals surface area (Å²) in [6.07, 6.45) is 4.12. The third-order valence-electron chi connectivity index (χ3n) is 10.2. The summed E-state index contributed by atoms with van der Waals surface area (Å²) in [5.41, 5.74) is 13.7. The molecule has 0 fully saturated rings. The Morgan fingerprint density at radius 3 is 2.00 bits per heavy atom. The number of nitrogens with zero attached hydrogens (tertiary/aromatic N) is 2. The van der Waals surface area contributed by atoms with Crippen molar-refractivity contribution in [3.8, 4) is 33.4 Å². The second kappa shape index (κ2) is 12.9. The number of aromatic nitrogens is 1. The van der Waals surface area contributed by atoms with Crippen LogP contribution in [0.4, 0.5) is 0 Å². The Hall–Kier alpha value is -7.04. The van der Waals surface area contributed by atoms with E-state index in [1.807, 2.05) is 36.5 Å². The molecule has 3 heterocycles. The maximum Gasteiger partial charge on any atom is 0.135 e. The Kier molecular flexibility index (Phi) is 7.51. The molecule has 250 valence electrons. The molecule has 0 spiro atoms. The van der Waals surface area contributed by atoms with Gasteiger partial charge < -0.3 is 9.73 Å². The number of pyridine rings is 1. The highest BCUT2D eigenvalue weighted by atomic mass is 16.3. The van der Waals surface area contributed by atoms with Crippen LogP contribution < -0.4 is 5.32 Å². The maximum absolute atomic E-state index is 6.20. The Morgan fingerprint density at radius 1 is 0.472 bits per heavy atom. The lowest BCUT2D eigenvalue weighted by Crippen LogP contribution is -2.31. The van der Waals surface area contributed by atoms with Crippen molar-refractivity contribution in [3.05, 3.63) is 205 Å². The molecule has 4 nitrogen and oxygen atoms in total. The molecule has 1 atom stereocenters. The van der Waals surface area contributed by atoms with E-state index in [2.05, 4.69) is 157 Å². The molecule has 4 heteroatoms. The van der Waals surface area contributed by atoms with Crippen molar-refractivity contribution in [2.75, 3.05) is 0 Å². The average Bonchev–Trinajstić information content (AvgIpc) is 3.62. The summed E-state index contributed by atoms with van der Waals surface area (Å²) < 4.78 is 6.20. The van der Waals surface area contributed by atoms with Gasteiger partial charge in [0.1, 0.15) is 17.0 Å². The number of furan rings is 1. The first-order chi connectivity index (χ1) is 26.2. The SMILES string of the molecule is C1=C(c2ccc(-c3ccccc3)cc2)N=C(c2ccccc2)NC1c1cc(-c2ccc3oc4ccccc4c3c2)cc(-c2cccc3cccnc23)c1. The summed E-state index contributed by atoms with van der Waals surface area (Å²) in [7, 11) is 0. The van der Waals surface area contributed by atoms with Crippen LogP contribution in [-0.4, -0.2) is 10.8 Å².